The Kier molecular flexibility index (Phi) is 7.82. The molecule has 5 rings (SSSR count). The maximum absolute atomic E-state index is 13.8. The number of fused-ring (bicyclic) bond motifs is 1. The van der Waals surface area contributed by atoms with Crippen LogP contribution in [-0.2, 0) is 0 Å². The van der Waals surface area contributed by atoms with Crippen LogP contribution in [0.4, 0.5) is 5.69 Å². The van der Waals surface area contributed by atoms with Gasteiger partial charge in [-0.25, -0.2) is 4.98 Å². The Hall–Kier alpha value is -3.89. The van der Waals surface area contributed by atoms with Gasteiger partial charge in [0.05, 0.1) is 27.6 Å². The summed E-state index contributed by atoms with van der Waals surface area (Å²) in [6, 6.07) is 19.3. The van der Waals surface area contributed by atoms with Crippen LogP contribution in [0.15, 0.2) is 76.0 Å². The SMILES string of the molecule is CCC(c1nc2ccccc2c(=O)n1-c1ccc(Br)cc1)N1CCN(C(=O)c2ccc(C)c([N+](=O)[O-])c2)C(C)C1. The van der Waals surface area contributed by atoms with Crippen LogP contribution in [-0.4, -0.2) is 55.9 Å². The Morgan fingerprint density at radius 3 is 2.52 bits per heavy atom. The molecule has 0 bridgehead atoms. The van der Waals surface area contributed by atoms with Gasteiger partial charge in [-0.3, -0.25) is 29.2 Å². The van der Waals surface area contributed by atoms with Gasteiger partial charge in [0.25, 0.3) is 17.2 Å². The molecule has 1 aliphatic heterocycles. The highest BCUT2D eigenvalue weighted by Gasteiger charge is 2.34. The lowest BCUT2D eigenvalue weighted by atomic mass is 10.0. The average Bonchev–Trinajstić information content (AvgIpc) is 2.94. The minimum atomic E-state index is -0.457. The van der Waals surface area contributed by atoms with E-state index in [0.29, 0.717) is 53.9 Å². The highest BCUT2D eigenvalue weighted by Crippen LogP contribution is 2.29. The second kappa shape index (κ2) is 11.3. The third kappa shape index (κ3) is 5.16. The van der Waals surface area contributed by atoms with Crippen molar-refractivity contribution in [1.82, 2.24) is 19.4 Å². The second-order valence-corrected chi connectivity index (χ2v) is 11.0. The van der Waals surface area contributed by atoms with Crippen LogP contribution in [0, 0.1) is 17.0 Å². The van der Waals surface area contributed by atoms with Gasteiger partial charge in [-0.1, -0.05) is 41.1 Å². The average molecular weight is 605 g/mol. The number of para-hydroxylation sites is 1. The molecule has 0 saturated carbocycles. The van der Waals surface area contributed by atoms with Gasteiger partial charge in [0.2, 0.25) is 0 Å². The number of hydrogen-bond acceptors (Lipinski definition) is 6. The topological polar surface area (TPSA) is 102 Å². The molecule has 0 spiro atoms. The van der Waals surface area contributed by atoms with Crippen molar-refractivity contribution in [1.29, 1.82) is 0 Å². The number of aromatic nitrogens is 2. The van der Waals surface area contributed by atoms with Gasteiger partial charge in [-0.2, -0.15) is 0 Å². The van der Waals surface area contributed by atoms with Crippen molar-refractivity contribution in [3.63, 3.8) is 0 Å². The smallest absolute Gasteiger partial charge is 0.273 e. The molecule has 10 heteroatoms. The van der Waals surface area contributed by atoms with E-state index >= 15 is 0 Å². The van der Waals surface area contributed by atoms with E-state index in [1.54, 1.807) is 34.6 Å². The lowest BCUT2D eigenvalue weighted by Gasteiger charge is -2.43. The molecule has 1 amide bonds. The van der Waals surface area contributed by atoms with Crippen molar-refractivity contribution in [3.05, 3.63) is 109 Å². The number of amides is 1. The second-order valence-electron chi connectivity index (χ2n) is 10.1. The summed E-state index contributed by atoms with van der Waals surface area (Å²) in [6.45, 7) is 7.31. The summed E-state index contributed by atoms with van der Waals surface area (Å²) in [5.74, 6) is 0.438. The van der Waals surface area contributed by atoms with Gasteiger partial charge in [0.1, 0.15) is 5.82 Å². The van der Waals surface area contributed by atoms with E-state index in [2.05, 4.69) is 27.8 Å². The lowest BCUT2D eigenvalue weighted by Crippen LogP contribution is -2.55. The van der Waals surface area contributed by atoms with Gasteiger partial charge in [-0.15, -0.1) is 0 Å². The third-order valence-electron chi connectivity index (χ3n) is 7.58. The number of nitro benzene ring substituents is 1. The number of carbonyl (C=O) groups is 1. The van der Waals surface area contributed by atoms with Crippen LogP contribution in [0.25, 0.3) is 16.6 Å². The zero-order chi connectivity index (χ0) is 28.6. The molecule has 1 fully saturated rings. The molecular formula is C30H30BrN5O4. The molecule has 9 nitrogen and oxygen atoms in total. The summed E-state index contributed by atoms with van der Waals surface area (Å²) in [7, 11) is 0. The molecule has 206 valence electrons. The molecule has 1 aromatic heterocycles. The summed E-state index contributed by atoms with van der Waals surface area (Å²) in [6.07, 6.45) is 0.714. The van der Waals surface area contributed by atoms with Gasteiger partial charge in [-0.05, 0) is 62.7 Å². The Labute approximate surface area is 240 Å². The van der Waals surface area contributed by atoms with E-state index < -0.39 is 4.92 Å². The van der Waals surface area contributed by atoms with E-state index in [0.717, 1.165) is 10.2 Å². The van der Waals surface area contributed by atoms with Crippen molar-refractivity contribution in [2.24, 2.45) is 0 Å². The quantitative estimate of drug-likeness (QED) is 0.208. The summed E-state index contributed by atoms with van der Waals surface area (Å²) in [5.41, 5.74) is 2.04. The molecular weight excluding hydrogens is 574 g/mol. The first-order chi connectivity index (χ1) is 19.2. The molecule has 0 N–H and O–H groups in total. The third-order valence-corrected chi connectivity index (χ3v) is 8.11. The van der Waals surface area contributed by atoms with Gasteiger partial charge >= 0.3 is 0 Å². The summed E-state index contributed by atoms with van der Waals surface area (Å²) in [4.78, 5) is 47.2. The van der Waals surface area contributed by atoms with Crippen molar-refractivity contribution >= 4 is 38.4 Å². The van der Waals surface area contributed by atoms with Crippen molar-refractivity contribution < 1.29 is 9.72 Å². The van der Waals surface area contributed by atoms with E-state index in [9.17, 15) is 19.7 Å². The number of piperazine rings is 1. The van der Waals surface area contributed by atoms with Crippen molar-refractivity contribution in [3.8, 4) is 5.69 Å². The fourth-order valence-corrected chi connectivity index (χ4v) is 5.76. The van der Waals surface area contributed by atoms with Gasteiger partial charge in [0.15, 0.2) is 0 Å². The van der Waals surface area contributed by atoms with E-state index in [1.807, 2.05) is 49.4 Å². The number of nitrogens with zero attached hydrogens (tertiary/aromatic N) is 5. The van der Waals surface area contributed by atoms with Gasteiger partial charge in [0, 0.05) is 47.3 Å². The predicted octanol–water partition coefficient (Wildman–Crippen LogP) is 5.66. The normalized spacial score (nSPS) is 16.7. The highest BCUT2D eigenvalue weighted by atomic mass is 79.9. The van der Waals surface area contributed by atoms with Crippen LogP contribution in [0.2, 0.25) is 0 Å². The predicted molar refractivity (Wildman–Crippen MR) is 158 cm³/mol. The van der Waals surface area contributed by atoms with E-state index in [4.69, 9.17) is 4.98 Å². The zero-order valence-electron chi connectivity index (χ0n) is 22.6. The summed E-state index contributed by atoms with van der Waals surface area (Å²) < 4.78 is 2.62. The minimum absolute atomic E-state index is 0.0588. The first-order valence-electron chi connectivity index (χ1n) is 13.3. The molecule has 2 atom stereocenters. The van der Waals surface area contributed by atoms with E-state index in [-0.39, 0.29) is 29.2 Å². The van der Waals surface area contributed by atoms with Crippen LogP contribution >= 0.6 is 15.9 Å². The number of nitro groups is 1. The number of aryl methyl sites for hydroxylation is 1. The Balaban J connectivity index is 1.48. The molecule has 0 radical (unpaired) electrons. The maximum atomic E-state index is 13.8. The molecule has 0 aliphatic carbocycles. The molecule has 4 aromatic rings. The van der Waals surface area contributed by atoms with Crippen LogP contribution in [0.3, 0.4) is 0 Å². The molecule has 2 heterocycles. The zero-order valence-corrected chi connectivity index (χ0v) is 24.2. The summed E-state index contributed by atoms with van der Waals surface area (Å²) in [5, 5.41) is 12.0. The molecule has 2 unspecified atom stereocenters. The van der Waals surface area contributed by atoms with Crippen molar-refractivity contribution in [2.75, 3.05) is 19.6 Å². The van der Waals surface area contributed by atoms with Crippen LogP contribution < -0.4 is 5.56 Å². The Morgan fingerprint density at radius 1 is 1.12 bits per heavy atom. The fourth-order valence-electron chi connectivity index (χ4n) is 5.49. The fraction of sp³-hybridized carbons (Fsp3) is 0.300. The Bertz CT molecular complexity index is 1650. The number of hydrogen-bond donors (Lipinski definition) is 0. The van der Waals surface area contributed by atoms with Gasteiger partial charge < -0.3 is 4.90 Å². The molecule has 3 aromatic carbocycles. The first kappa shape index (κ1) is 27.7. The molecule has 1 aliphatic rings. The van der Waals surface area contributed by atoms with Crippen molar-refractivity contribution in [2.45, 2.75) is 39.3 Å². The van der Waals surface area contributed by atoms with E-state index in [1.165, 1.54) is 6.07 Å². The molecule has 1 saturated heterocycles. The number of halogens is 1. The first-order valence-corrected chi connectivity index (χ1v) is 14.1. The monoisotopic (exact) mass is 603 g/mol. The molecule has 40 heavy (non-hydrogen) atoms. The number of benzene rings is 3. The largest absolute Gasteiger partial charge is 0.333 e. The lowest BCUT2D eigenvalue weighted by molar-refractivity contribution is -0.385. The maximum Gasteiger partial charge on any atom is 0.273 e. The number of carbonyl (C=O) groups excluding carboxylic acids is 1. The van der Waals surface area contributed by atoms with Crippen LogP contribution in [0.1, 0.15) is 48.1 Å². The standard InChI is InChI=1S/C30H30BrN5O4/c1-4-26(28-32-25-8-6-5-7-24(25)30(38)35(28)23-13-11-22(31)12-14-23)33-15-16-34(20(3)18-33)29(37)21-10-9-19(2)27(17-21)36(39)40/h5-14,17,20,26H,4,15-16,18H2,1-3H3. The summed E-state index contributed by atoms with van der Waals surface area (Å²) >= 11 is 3.48. The minimum Gasteiger partial charge on any atom is -0.333 e. The highest BCUT2D eigenvalue weighted by molar-refractivity contribution is 9.10. The Morgan fingerprint density at radius 2 is 1.85 bits per heavy atom. The van der Waals surface area contributed by atoms with Crippen LogP contribution in [0.5, 0.6) is 0 Å². The number of rotatable bonds is 6.